The van der Waals surface area contributed by atoms with Crippen LogP contribution in [0.2, 0.25) is 0 Å². The molecule has 3 aromatic heterocycles. The molecule has 156 valence electrons. The molecule has 30 heavy (non-hydrogen) atoms. The number of amides is 2. The van der Waals surface area contributed by atoms with Gasteiger partial charge in [0.25, 0.3) is 0 Å². The number of pyridine rings is 2. The van der Waals surface area contributed by atoms with Gasteiger partial charge in [0.2, 0.25) is 0 Å². The fourth-order valence-electron chi connectivity index (χ4n) is 4.14. The molecule has 4 N–H and O–H groups in total. The van der Waals surface area contributed by atoms with E-state index in [2.05, 4.69) is 32.4 Å². The number of anilines is 2. The standard InChI is InChI=1S/C21H25N7O2/c1-11-4-5-17(14-6-12(2)25-13(3)7-14)28(10-11)21(30)20(29)26-16-9-23-19(22)15-8-24-27-18(15)16/h6-9,11,17H,4-5,10H2,1-3H3,(H2,22,23)(H,24,27)(H,26,29)/t11-,17+/m0/s1. The van der Waals surface area contributed by atoms with Crippen molar-refractivity contribution in [1.82, 2.24) is 25.1 Å². The minimum Gasteiger partial charge on any atom is -0.383 e. The van der Waals surface area contributed by atoms with Gasteiger partial charge in [-0.3, -0.25) is 19.7 Å². The summed E-state index contributed by atoms with van der Waals surface area (Å²) in [6.45, 7) is 6.49. The number of nitrogens with zero attached hydrogens (tertiary/aromatic N) is 4. The molecule has 1 aliphatic heterocycles. The van der Waals surface area contributed by atoms with Crippen LogP contribution in [0.1, 0.15) is 42.8 Å². The number of nitrogens with two attached hydrogens (primary N) is 1. The largest absolute Gasteiger partial charge is 0.383 e. The Kier molecular flexibility index (Phi) is 5.11. The average molecular weight is 407 g/mol. The van der Waals surface area contributed by atoms with Crippen LogP contribution in [0.3, 0.4) is 0 Å². The molecule has 0 bridgehead atoms. The van der Waals surface area contributed by atoms with Crippen molar-refractivity contribution in [3.8, 4) is 0 Å². The zero-order chi connectivity index (χ0) is 21.4. The van der Waals surface area contributed by atoms with Gasteiger partial charge in [0.1, 0.15) is 5.82 Å². The Morgan fingerprint density at radius 1 is 1.20 bits per heavy atom. The lowest BCUT2D eigenvalue weighted by atomic mass is 9.89. The van der Waals surface area contributed by atoms with E-state index in [0.29, 0.717) is 34.9 Å². The van der Waals surface area contributed by atoms with E-state index < -0.39 is 11.8 Å². The Labute approximate surface area is 174 Å². The third kappa shape index (κ3) is 3.70. The van der Waals surface area contributed by atoms with Crippen LogP contribution in [-0.4, -0.2) is 43.4 Å². The van der Waals surface area contributed by atoms with E-state index in [1.807, 2.05) is 26.0 Å². The predicted molar refractivity (Wildman–Crippen MR) is 113 cm³/mol. The number of rotatable bonds is 2. The molecule has 3 aromatic rings. The van der Waals surface area contributed by atoms with E-state index in [0.717, 1.165) is 29.8 Å². The molecule has 9 nitrogen and oxygen atoms in total. The van der Waals surface area contributed by atoms with Crippen molar-refractivity contribution < 1.29 is 9.59 Å². The third-order valence-electron chi connectivity index (χ3n) is 5.53. The van der Waals surface area contributed by atoms with Gasteiger partial charge in [-0.05, 0) is 50.3 Å². The summed E-state index contributed by atoms with van der Waals surface area (Å²) in [5, 5.41) is 10.00. The average Bonchev–Trinajstić information content (AvgIpc) is 3.19. The molecular weight excluding hydrogens is 382 g/mol. The van der Waals surface area contributed by atoms with Crippen molar-refractivity contribution in [2.45, 2.75) is 39.7 Å². The number of piperidine rings is 1. The first kappa shape index (κ1) is 19.8. The first-order valence-electron chi connectivity index (χ1n) is 9.98. The van der Waals surface area contributed by atoms with E-state index in [9.17, 15) is 9.59 Å². The van der Waals surface area contributed by atoms with E-state index in [1.54, 1.807) is 4.90 Å². The summed E-state index contributed by atoms with van der Waals surface area (Å²) >= 11 is 0. The van der Waals surface area contributed by atoms with Crippen LogP contribution >= 0.6 is 0 Å². The number of aromatic amines is 1. The minimum absolute atomic E-state index is 0.156. The molecule has 0 aromatic carbocycles. The minimum atomic E-state index is -0.709. The van der Waals surface area contributed by atoms with Crippen molar-refractivity contribution in [1.29, 1.82) is 0 Å². The zero-order valence-electron chi connectivity index (χ0n) is 17.3. The molecule has 4 rings (SSSR count). The maximum absolute atomic E-state index is 13.2. The lowest BCUT2D eigenvalue weighted by Gasteiger charge is -2.38. The predicted octanol–water partition coefficient (Wildman–Crippen LogP) is 2.49. The molecule has 4 heterocycles. The zero-order valence-corrected chi connectivity index (χ0v) is 17.3. The number of hydrogen-bond donors (Lipinski definition) is 3. The summed E-state index contributed by atoms with van der Waals surface area (Å²) in [5.41, 5.74) is 9.55. The summed E-state index contributed by atoms with van der Waals surface area (Å²) in [7, 11) is 0. The molecular formula is C21H25N7O2. The Morgan fingerprint density at radius 2 is 1.93 bits per heavy atom. The second-order valence-corrected chi connectivity index (χ2v) is 8.01. The number of nitrogens with one attached hydrogen (secondary N) is 2. The molecule has 0 radical (unpaired) electrons. The van der Waals surface area contributed by atoms with Crippen LogP contribution in [0.5, 0.6) is 0 Å². The van der Waals surface area contributed by atoms with Gasteiger partial charge in [0, 0.05) is 17.9 Å². The van der Waals surface area contributed by atoms with Gasteiger partial charge in [-0.15, -0.1) is 0 Å². The second-order valence-electron chi connectivity index (χ2n) is 8.01. The summed E-state index contributed by atoms with van der Waals surface area (Å²) in [5.74, 6) is -0.654. The van der Waals surface area contributed by atoms with Crippen molar-refractivity contribution in [2.24, 2.45) is 5.92 Å². The maximum atomic E-state index is 13.2. The molecule has 0 aliphatic carbocycles. The number of nitrogen functional groups attached to an aromatic ring is 1. The van der Waals surface area contributed by atoms with Gasteiger partial charge in [-0.2, -0.15) is 5.10 Å². The summed E-state index contributed by atoms with van der Waals surface area (Å²) in [6.07, 6.45) is 4.75. The monoisotopic (exact) mass is 407 g/mol. The Bertz CT molecular complexity index is 1100. The van der Waals surface area contributed by atoms with Crippen LogP contribution < -0.4 is 11.1 Å². The topological polar surface area (TPSA) is 130 Å². The quantitative estimate of drug-likeness (QED) is 0.560. The van der Waals surface area contributed by atoms with Crippen LogP contribution in [0, 0.1) is 19.8 Å². The van der Waals surface area contributed by atoms with E-state index in [-0.39, 0.29) is 6.04 Å². The highest BCUT2D eigenvalue weighted by Crippen LogP contribution is 2.34. The number of likely N-dealkylation sites (tertiary alicyclic amines) is 1. The van der Waals surface area contributed by atoms with Crippen LogP contribution in [0.4, 0.5) is 11.5 Å². The first-order chi connectivity index (χ1) is 14.3. The molecule has 2 amide bonds. The number of fused-ring (bicyclic) bond motifs is 1. The van der Waals surface area contributed by atoms with E-state index >= 15 is 0 Å². The summed E-state index contributed by atoms with van der Waals surface area (Å²) < 4.78 is 0. The van der Waals surface area contributed by atoms with Gasteiger partial charge < -0.3 is 16.0 Å². The highest BCUT2D eigenvalue weighted by Gasteiger charge is 2.34. The molecule has 1 fully saturated rings. The third-order valence-corrected chi connectivity index (χ3v) is 5.53. The SMILES string of the molecule is Cc1cc([C@H]2CC[C@H](C)CN2C(=O)C(=O)Nc2cnc(N)c3cn[nH]c23)cc(C)n1. The van der Waals surface area contributed by atoms with Gasteiger partial charge >= 0.3 is 11.8 Å². The lowest BCUT2D eigenvalue weighted by Crippen LogP contribution is -2.46. The Morgan fingerprint density at radius 3 is 2.67 bits per heavy atom. The van der Waals surface area contributed by atoms with Gasteiger partial charge in [-0.25, -0.2) is 4.98 Å². The van der Waals surface area contributed by atoms with Crippen molar-refractivity contribution >= 4 is 34.2 Å². The van der Waals surface area contributed by atoms with Crippen molar-refractivity contribution in [2.75, 3.05) is 17.6 Å². The van der Waals surface area contributed by atoms with Crippen LogP contribution in [0.25, 0.3) is 10.9 Å². The van der Waals surface area contributed by atoms with Crippen molar-refractivity contribution in [3.63, 3.8) is 0 Å². The molecule has 0 saturated carbocycles. The maximum Gasteiger partial charge on any atom is 0.314 e. The molecule has 9 heteroatoms. The van der Waals surface area contributed by atoms with Gasteiger partial charge in [0.05, 0.1) is 35.0 Å². The normalized spacial score (nSPS) is 19.1. The first-order valence-corrected chi connectivity index (χ1v) is 9.98. The van der Waals surface area contributed by atoms with Gasteiger partial charge in [0.15, 0.2) is 0 Å². The van der Waals surface area contributed by atoms with Crippen LogP contribution in [-0.2, 0) is 9.59 Å². The fourth-order valence-corrected chi connectivity index (χ4v) is 4.14. The molecule has 1 aliphatic rings. The number of H-pyrrole nitrogens is 1. The van der Waals surface area contributed by atoms with Gasteiger partial charge in [-0.1, -0.05) is 6.92 Å². The molecule has 0 spiro atoms. The summed E-state index contributed by atoms with van der Waals surface area (Å²) in [6, 6.07) is 3.82. The molecule has 2 atom stereocenters. The molecule has 1 saturated heterocycles. The number of aryl methyl sites for hydroxylation is 2. The number of carbonyl (C=O) groups is 2. The Hall–Kier alpha value is -3.49. The van der Waals surface area contributed by atoms with E-state index in [1.165, 1.54) is 12.4 Å². The number of aromatic nitrogens is 4. The van der Waals surface area contributed by atoms with Crippen LogP contribution in [0.15, 0.2) is 24.5 Å². The smallest absolute Gasteiger partial charge is 0.314 e. The summed E-state index contributed by atoms with van der Waals surface area (Å²) in [4.78, 5) is 36.2. The van der Waals surface area contributed by atoms with Crippen molar-refractivity contribution in [3.05, 3.63) is 41.5 Å². The highest BCUT2D eigenvalue weighted by molar-refractivity contribution is 6.40. The Balaban J connectivity index is 1.60. The second kappa shape index (κ2) is 7.74. The molecule has 0 unspecified atom stereocenters. The lowest BCUT2D eigenvalue weighted by molar-refractivity contribution is -0.146. The fraction of sp³-hybridized carbons (Fsp3) is 0.381. The number of carbonyl (C=O) groups excluding carboxylic acids is 2. The highest BCUT2D eigenvalue weighted by atomic mass is 16.2. The van der Waals surface area contributed by atoms with E-state index in [4.69, 9.17) is 5.73 Å². The number of hydrogen-bond acceptors (Lipinski definition) is 6.